The summed E-state index contributed by atoms with van der Waals surface area (Å²) in [6, 6.07) is -0.536. The zero-order valence-corrected chi connectivity index (χ0v) is 11.5. The lowest BCUT2D eigenvalue weighted by molar-refractivity contribution is -0.134. The molecule has 5 heteroatoms. The number of nitrogens with zero attached hydrogens (tertiary/aromatic N) is 1. The van der Waals surface area contributed by atoms with E-state index in [9.17, 15) is 9.59 Å². The molecule has 0 unspecified atom stereocenters. The van der Waals surface area contributed by atoms with Crippen molar-refractivity contribution in [3.8, 4) is 0 Å². The molecule has 3 N–H and O–H groups in total. The maximum absolute atomic E-state index is 12.2. The summed E-state index contributed by atoms with van der Waals surface area (Å²) in [6.45, 7) is 7.58. The highest BCUT2D eigenvalue weighted by Gasteiger charge is 2.30. The molecule has 0 aliphatic carbocycles. The van der Waals surface area contributed by atoms with Gasteiger partial charge >= 0.3 is 0 Å². The van der Waals surface area contributed by atoms with Crippen molar-refractivity contribution in [2.45, 2.75) is 24.9 Å². The summed E-state index contributed by atoms with van der Waals surface area (Å²) < 4.78 is 0. The zero-order valence-electron chi connectivity index (χ0n) is 11.5. The summed E-state index contributed by atoms with van der Waals surface area (Å²) in [4.78, 5) is 24.7. The molecule has 2 atom stereocenters. The molecule has 1 heterocycles. The molecule has 20 heavy (non-hydrogen) atoms. The van der Waals surface area contributed by atoms with Crippen LogP contribution < -0.4 is 11.1 Å². The van der Waals surface area contributed by atoms with Crippen molar-refractivity contribution in [2.75, 3.05) is 6.54 Å². The number of carbonyl (C=O) groups is 2. The number of hydrogen-bond acceptors (Lipinski definition) is 3. The first-order chi connectivity index (χ1) is 9.62. The van der Waals surface area contributed by atoms with Crippen molar-refractivity contribution in [1.82, 2.24) is 10.2 Å². The van der Waals surface area contributed by atoms with Crippen molar-refractivity contribution >= 4 is 12.3 Å². The molecule has 2 amide bonds. The molecule has 1 rings (SSSR count). The van der Waals surface area contributed by atoms with Crippen LogP contribution in [0.5, 0.6) is 0 Å². The van der Waals surface area contributed by atoms with E-state index in [-0.39, 0.29) is 11.9 Å². The van der Waals surface area contributed by atoms with Crippen LogP contribution in [0.15, 0.2) is 49.2 Å². The second-order valence-electron chi connectivity index (χ2n) is 4.60. The smallest absolute Gasteiger partial charge is 0.247 e. The van der Waals surface area contributed by atoms with Crippen LogP contribution in [-0.2, 0) is 9.59 Å². The van der Waals surface area contributed by atoms with Gasteiger partial charge in [0.1, 0.15) is 6.04 Å². The minimum atomic E-state index is -0.474. The van der Waals surface area contributed by atoms with Gasteiger partial charge in [-0.1, -0.05) is 31.4 Å². The number of carbonyl (C=O) groups excluding carboxylic acids is 2. The molecule has 0 aromatic rings. The van der Waals surface area contributed by atoms with Gasteiger partial charge in [0.05, 0.1) is 0 Å². The van der Waals surface area contributed by atoms with E-state index in [0.29, 0.717) is 25.1 Å². The number of likely N-dealkylation sites (tertiary alicyclic amines) is 1. The Balaban J connectivity index is 2.75. The Morgan fingerprint density at radius 1 is 1.30 bits per heavy atom. The fourth-order valence-corrected chi connectivity index (χ4v) is 2.09. The summed E-state index contributed by atoms with van der Waals surface area (Å²) >= 11 is 0. The summed E-state index contributed by atoms with van der Waals surface area (Å²) in [5, 5.41) is 2.78. The Morgan fingerprint density at radius 3 is 2.65 bits per heavy atom. The van der Waals surface area contributed by atoms with Gasteiger partial charge in [-0.2, -0.15) is 0 Å². The van der Waals surface area contributed by atoms with E-state index in [1.54, 1.807) is 30.4 Å². The topological polar surface area (TPSA) is 75.4 Å². The van der Waals surface area contributed by atoms with E-state index in [4.69, 9.17) is 5.73 Å². The maximum Gasteiger partial charge on any atom is 0.247 e. The number of nitrogens with two attached hydrogens (primary N) is 1. The van der Waals surface area contributed by atoms with Crippen LogP contribution in [0.3, 0.4) is 0 Å². The van der Waals surface area contributed by atoms with Gasteiger partial charge in [0, 0.05) is 18.3 Å². The first-order valence-electron chi connectivity index (χ1n) is 6.51. The van der Waals surface area contributed by atoms with Crippen molar-refractivity contribution in [1.29, 1.82) is 0 Å². The molecular formula is C15H21N3O2. The minimum absolute atomic E-state index is 0.0619. The van der Waals surface area contributed by atoms with Gasteiger partial charge in [-0.15, -0.1) is 0 Å². The predicted molar refractivity (Wildman–Crippen MR) is 79.5 cm³/mol. The number of hydrogen-bond donors (Lipinski definition) is 2. The average Bonchev–Trinajstić information content (AvgIpc) is 2.44. The van der Waals surface area contributed by atoms with Crippen molar-refractivity contribution < 1.29 is 9.59 Å². The standard InChI is InChI=1S/C15H21N3O2/c1-3-5-7-13(6-4-2)17-15(20)14-9-8-12(16)10-18(14)11-19/h3-7,11-12,14H,1-2,8-10,16H2,(H,17,20)/b7-5-,13-6+/t12-,14-/m0/s1. The van der Waals surface area contributed by atoms with Gasteiger partial charge in [-0.05, 0) is 25.0 Å². The van der Waals surface area contributed by atoms with Crippen molar-refractivity contribution in [3.63, 3.8) is 0 Å². The molecule has 1 saturated heterocycles. The van der Waals surface area contributed by atoms with Gasteiger partial charge in [0.2, 0.25) is 12.3 Å². The van der Waals surface area contributed by atoms with Gasteiger partial charge in [0.25, 0.3) is 0 Å². The lowest BCUT2D eigenvalue weighted by Gasteiger charge is -2.34. The minimum Gasteiger partial charge on any atom is -0.332 e. The van der Waals surface area contributed by atoms with Crippen LogP contribution in [-0.4, -0.2) is 35.8 Å². The third-order valence-electron chi connectivity index (χ3n) is 3.07. The Hall–Kier alpha value is -2.14. The summed E-state index contributed by atoms with van der Waals surface area (Å²) in [5.74, 6) is -0.217. The molecule has 0 aromatic heterocycles. The Bertz CT molecular complexity index is 440. The largest absolute Gasteiger partial charge is 0.332 e. The molecule has 1 fully saturated rings. The average molecular weight is 275 g/mol. The molecule has 108 valence electrons. The zero-order chi connectivity index (χ0) is 15.0. The highest BCUT2D eigenvalue weighted by molar-refractivity contribution is 5.85. The number of rotatable bonds is 6. The number of amides is 2. The third kappa shape index (κ3) is 4.51. The van der Waals surface area contributed by atoms with Crippen LogP contribution in [0.1, 0.15) is 12.8 Å². The van der Waals surface area contributed by atoms with Crippen LogP contribution >= 0.6 is 0 Å². The van der Waals surface area contributed by atoms with Crippen LogP contribution in [0.4, 0.5) is 0 Å². The quantitative estimate of drug-likeness (QED) is 0.558. The molecule has 0 spiro atoms. The maximum atomic E-state index is 12.2. The highest BCUT2D eigenvalue weighted by atomic mass is 16.2. The third-order valence-corrected chi connectivity index (χ3v) is 3.07. The van der Waals surface area contributed by atoms with E-state index in [0.717, 1.165) is 6.42 Å². The second-order valence-corrected chi connectivity index (χ2v) is 4.60. The molecule has 0 aromatic carbocycles. The summed E-state index contributed by atoms with van der Waals surface area (Å²) in [5.41, 5.74) is 6.40. The normalized spacial score (nSPS) is 23.4. The predicted octanol–water partition coefficient (Wildman–Crippen LogP) is 0.863. The van der Waals surface area contributed by atoms with Gasteiger partial charge < -0.3 is 16.0 Å². The molecular weight excluding hydrogens is 254 g/mol. The number of nitrogens with one attached hydrogen (secondary N) is 1. The van der Waals surface area contributed by atoms with E-state index in [1.165, 1.54) is 4.90 Å². The first-order valence-corrected chi connectivity index (χ1v) is 6.51. The Kier molecular flexibility index (Phi) is 6.46. The molecule has 5 nitrogen and oxygen atoms in total. The summed E-state index contributed by atoms with van der Waals surface area (Å²) in [7, 11) is 0. The molecule has 1 aliphatic heterocycles. The van der Waals surface area contributed by atoms with Crippen LogP contribution in [0, 0.1) is 0 Å². The molecule has 1 aliphatic rings. The fourth-order valence-electron chi connectivity index (χ4n) is 2.09. The number of allylic oxidation sites excluding steroid dienone is 5. The monoisotopic (exact) mass is 275 g/mol. The lowest BCUT2D eigenvalue weighted by atomic mass is 9.99. The SMILES string of the molecule is C=C/C=C\C(=C/C=C)NC(=O)[C@@H]1CC[C@H](N)CN1C=O. The highest BCUT2D eigenvalue weighted by Crippen LogP contribution is 2.15. The molecule has 0 saturated carbocycles. The first kappa shape index (κ1) is 15.9. The molecule has 0 radical (unpaired) electrons. The Labute approximate surface area is 119 Å². The van der Waals surface area contributed by atoms with Crippen LogP contribution in [0.25, 0.3) is 0 Å². The fraction of sp³-hybridized carbons (Fsp3) is 0.333. The van der Waals surface area contributed by atoms with Crippen LogP contribution in [0.2, 0.25) is 0 Å². The number of piperidine rings is 1. The van der Waals surface area contributed by atoms with Gasteiger partial charge in [-0.25, -0.2) is 0 Å². The van der Waals surface area contributed by atoms with E-state index in [2.05, 4.69) is 18.5 Å². The lowest BCUT2D eigenvalue weighted by Crippen LogP contribution is -2.53. The molecule has 0 bridgehead atoms. The van der Waals surface area contributed by atoms with E-state index < -0.39 is 6.04 Å². The second kappa shape index (κ2) is 8.12. The van der Waals surface area contributed by atoms with Crippen molar-refractivity contribution in [3.05, 3.63) is 49.2 Å². The van der Waals surface area contributed by atoms with Gasteiger partial charge in [0.15, 0.2) is 0 Å². The Morgan fingerprint density at radius 2 is 2.05 bits per heavy atom. The van der Waals surface area contributed by atoms with Crippen molar-refractivity contribution in [2.24, 2.45) is 5.73 Å². The van der Waals surface area contributed by atoms with E-state index >= 15 is 0 Å². The van der Waals surface area contributed by atoms with Gasteiger partial charge in [-0.3, -0.25) is 9.59 Å². The summed E-state index contributed by atoms with van der Waals surface area (Å²) in [6.07, 6.45) is 10.3. The van der Waals surface area contributed by atoms with E-state index in [1.807, 2.05) is 0 Å².